The van der Waals surface area contributed by atoms with Crippen molar-refractivity contribution in [3.8, 4) is 0 Å². The van der Waals surface area contributed by atoms with Gasteiger partial charge >= 0.3 is 0 Å². The molecule has 1 saturated heterocycles. The van der Waals surface area contributed by atoms with Gasteiger partial charge in [-0.05, 0) is 38.1 Å². The molecule has 0 saturated carbocycles. The van der Waals surface area contributed by atoms with Crippen LogP contribution >= 0.6 is 12.4 Å². The lowest BCUT2D eigenvalue weighted by Crippen LogP contribution is -2.38. The van der Waals surface area contributed by atoms with Crippen LogP contribution in [-0.4, -0.2) is 25.0 Å². The molecule has 102 valence electrons. The summed E-state index contributed by atoms with van der Waals surface area (Å²) in [6.45, 7) is 10.6. The van der Waals surface area contributed by atoms with Crippen molar-refractivity contribution < 1.29 is 4.79 Å². The van der Waals surface area contributed by atoms with Gasteiger partial charge in [0.25, 0.3) is 0 Å². The van der Waals surface area contributed by atoms with Crippen LogP contribution in [0, 0.1) is 11.3 Å². The molecule has 0 aromatic heterocycles. The maximum Gasteiger partial charge on any atom is 0.224 e. The highest BCUT2D eigenvalue weighted by Crippen LogP contribution is 2.21. The Morgan fingerprint density at radius 2 is 2.12 bits per heavy atom. The number of rotatable bonds is 4. The molecule has 1 rings (SSSR count). The molecule has 0 bridgehead atoms. The second-order valence-electron chi connectivity index (χ2n) is 6.20. The maximum atomic E-state index is 11.8. The molecule has 2 atom stereocenters. The first-order valence-electron chi connectivity index (χ1n) is 6.39. The minimum Gasteiger partial charge on any atom is -0.353 e. The lowest BCUT2D eigenvalue weighted by atomic mass is 9.89. The number of carbonyl (C=O) groups excluding carboxylic acids is 1. The van der Waals surface area contributed by atoms with Crippen molar-refractivity contribution in [2.24, 2.45) is 11.3 Å². The zero-order chi connectivity index (χ0) is 12.2. The predicted octanol–water partition coefficient (Wildman–Crippen LogP) is 2.35. The summed E-state index contributed by atoms with van der Waals surface area (Å²) < 4.78 is 0. The van der Waals surface area contributed by atoms with E-state index in [1.54, 1.807) is 0 Å². The second kappa shape index (κ2) is 7.22. The van der Waals surface area contributed by atoms with E-state index in [9.17, 15) is 4.79 Å². The van der Waals surface area contributed by atoms with Gasteiger partial charge in [0.05, 0.1) is 5.92 Å². The Hall–Kier alpha value is -0.280. The smallest absolute Gasteiger partial charge is 0.224 e. The van der Waals surface area contributed by atoms with Crippen LogP contribution in [0.5, 0.6) is 0 Å². The normalized spacial score (nSPS) is 21.8. The molecule has 1 amide bonds. The number of hydrogen-bond acceptors (Lipinski definition) is 2. The Morgan fingerprint density at radius 3 is 2.59 bits per heavy atom. The van der Waals surface area contributed by atoms with E-state index in [1.807, 2.05) is 0 Å². The lowest BCUT2D eigenvalue weighted by molar-refractivity contribution is -0.125. The van der Waals surface area contributed by atoms with Crippen LogP contribution in [-0.2, 0) is 4.79 Å². The Balaban J connectivity index is 0.00000256. The molecular formula is C13H27ClN2O. The fourth-order valence-electron chi connectivity index (χ4n) is 1.96. The number of halogens is 1. The Kier molecular flexibility index (Phi) is 7.10. The molecule has 1 fully saturated rings. The average Bonchev–Trinajstić information content (AvgIpc) is 2.66. The first-order chi connectivity index (χ1) is 7.38. The van der Waals surface area contributed by atoms with Crippen LogP contribution in [0.4, 0.5) is 0 Å². The molecule has 1 aliphatic heterocycles. The van der Waals surface area contributed by atoms with E-state index in [2.05, 4.69) is 38.3 Å². The summed E-state index contributed by atoms with van der Waals surface area (Å²) in [6.07, 6.45) is 3.20. The largest absolute Gasteiger partial charge is 0.353 e. The quantitative estimate of drug-likeness (QED) is 0.817. The molecule has 4 heteroatoms. The summed E-state index contributed by atoms with van der Waals surface area (Å²) in [7, 11) is 0. The number of carbonyl (C=O) groups is 1. The van der Waals surface area contributed by atoms with E-state index < -0.39 is 0 Å². The summed E-state index contributed by atoms with van der Waals surface area (Å²) in [5.74, 6) is 0.420. The van der Waals surface area contributed by atoms with E-state index in [-0.39, 0.29) is 24.2 Å². The monoisotopic (exact) mass is 262 g/mol. The van der Waals surface area contributed by atoms with Gasteiger partial charge in [0.2, 0.25) is 5.91 Å². The minimum atomic E-state index is 0. The molecule has 2 unspecified atom stereocenters. The Labute approximate surface area is 112 Å². The summed E-state index contributed by atoms with van der Waals surface area (Å²) in [6, 6.07) is 0.298. The first-order valence-corrected chi connectivity index (χ1v) is 6.39. The van der Waals surface area contributed by atoms with Crippen LogP contribution in [0.3, 0.4) is 0 Å². The second-order valence-corrected chi connectivity index (χ2v) is 6.20. The summed E-state index contributed by atoms with van der Waals surface area (Å²) >= 11 is 0. The molecular weight excluding hydrogens is 236 g/mol. The third kappa shape index (κ3) is 6.89. The molecule has 3 nitrogen and oxygen atoms in total. The molecule has 0 spiro atoms. The molecule has 1 aliphatic rings. The van der Waals surface area contributed by atoms with Gasteiger partial charge in [-0.2, -0.15) is 0 Å². The van der Waals surface area contributed by atoms with Gasteiger partial charge < -0.3 is 10.6 Å². The summed E-state index contributed by atoms with van der Waals surface area (Å²) in [5, 5.41) is 6.34. The fraction of sp³-hybridized carbons (Fsp3) is 0.923. The molecule has 0 aliphatic carbocycles. The van der Waals surface area contributed by atoms with Crippen molar-refractivity contribution >= 4 is 18.3 Å². The summed E-state index contributed by atoms with van der Waals surface area (Å²) in [4.78, 5) is 11.8. The molecule has 17 heavy (non-hydrogen) atoms. The number of nitrogens with one attached hydrogen (secondary N) is 2. The van der Waals surface area contributed by atoms with Crippen molar-refractivity contribution in [2.75, 3.05) is 13.1 Å². The molecule has 1 heterocycles. The third-order valence-corrected chi connectivity index (χ3v) is 3.15. The topological polar surface area (TPSA) is 41.1 Å². The predicted molar refractivity (Wildman–Crippen MR) is 74.5 cm³/mol. The third-order valence-electron chi connectivity index (χ3n) is 3.15. The molecule has 0 aromatic rings. The van der Waals surface area contributed by atoms with Gasteiger partial charge in [-0.15, -0.1) is 12.4 Å². The van der Waals surface area contributed by atoms with Crippen LogP contribution in [0.1, 0.15) is 47.0 Å². The minimum absolute atomic E-state index is 0. The van der Waals surface area contributed by atoms with Gasteiger partial charge in [0.1, 0.15) is 0 Å². The van der Waals surface area contributed by atoms with Gasteiger partial charge in [0.15, 0.2) is 0 Å². The molecule has 0 radical (unpaired) electrons. The van der Waals surface area contributed by atoms with Crippen molar-refractivity contribution in [1.82, 2.24) is 10.6 Å². The zero-order valence-corrected chi connectivity index (χ0v) is 12.3. The van der Waals surface area contributed by atoms with Crippen molar-refractivity contribution in [2.45, 2.75) is 53.0 Å². The highest BCUT2D eigenvalue weighted by molar-refractivity contribution is 5.85. The van der Waals surface area contributed by atoms with E-state index in [4.69, 9.17) is 0 Å². The zero-order valence-electron chi connectivity index (χ0n) is 11.5. The standard InChI is InChI=1S/C13H26N2O.ClH/c1-10(5-7-13(2,3)4)15-12(16)11-6-8-14-9-11;/h10-11,14H,5-9H2,1-4H3,(H,15,16);1H. The van der Waals surface area contributed by atoms with Gasteiger partial charge in [0, 0.05) is 12.6 Å². The maximum absolute atomic E-state index is 11.8. The van der Waals surface area contributed by atoms with Crippen LogP contribution in [0.15, 0.2) is 0 Å². The highest BCUT2D eigenvalue weighted by Gasteiger charge is 2.23. The fourth-order valence-corrected chi connectivity index (χ4v) is 1.96. The first kappa shape index (κ1) is 16.7. The number of amides is 1. The molecule has 0 aromatic carbocycles. The van der Waals surface area contributed by atoms with E-state index in [0.717, 1.165) is 32.4 Å². The lowest BCUT2D eigenvalue weighted by Gasteiger charge is -2.22. The van der Waals surface area contributed by atoms with Gasteiger partial charge in [-0.25, -0.2) is 0 Å². The highest BCUT2D eigenvalue weighted by atomic mass is 35.5. The van der Waals surface area contributed by atoms with E-state index in [0.29, 0.717) is 11.5 Å². The van der Waals surface area contributed by atoms with Crippen LogP contribution < -0.4 is 10.6 Å². The van der Waals surface area contributed by atoms with Crippen LogP contribution in [0.25, 0.3) is 0 Å². The van der Waals surface area contributed by atoms with E-state index >= 15 is 0 Å². The Morgan fingerprint density at radius 1 is 1.47 bits per heavy atom. The van der Waals surface area contributed by atoms with Crippen molar-refractivity contribution in [1.29, 1.82) is 0 Å². The average molecular weight is 263 g/mol. The van der Waals surface area contributed by atoms with Gasteiger partial charge in [-0.1, -0.05) is 20.8 Å². The van der Waals surface area contributed by atoms with Crippen molar-refractivity contribution in [3.05, 3.63) is 0 Å². The van der Waals surface area contributed by atoms with Crippen molar-refractivity contribution in [3.63, 3.8) is 0 Å². The summed E-state index contributed by atoms with van der Waals surface area (Å²) in [5.41, 5.74) is 0.355. The van der Waals surface area contributed by atoms with Gasteiger partial charge in [-0.3, -0.25) is 4.79 Å². The molecule has 2 N–H and O–H groups in total. The van der Waals surface area contributed by atoms with E-state index in [1.165, 1.54) is 0 Å². The van der Waals surface area contributed by atoms with Crippen LogP contribution in [0.2, 0.25) is 0 Å². The SMILES string of the molecule is CC(CCC(C)(C)C)NC(=O)C1CCNC1.Cl. The number of hydrogen-bond donors (Lipinski definition) is 2. The Bertz CT molecular complexity index is 232.